The maximum Gasteiger partial charge on any atom is 0.311 e. The highest BCUT2D eigenvalue weighted by Crippen LogP contribution is 2.50. The van der Waals surface area contributed by atoms with Gasteiger partial charge in [-0.2, -0.15) is 0 Å². The molecule has 2 aliphatic heterocycles. The Hall–Kier alpha value is -2.05. The predicted molar refractivity (Wildman–Crippen MR) is 105 cm³/mol. The number of hydrogen-bond donors (Lipinski definition) is 2. The summed E-state index contributed by atoms with van der Waals surface area (Å²) < 4.78 is 10.7. The first-order chi connectivity index (χ1) is 13.6. The molecule has 1 aromatic heterocycles. The standard InChI is InChI=1S/C22H28N2O4/c1-27-18-5-3-4-15-19(18)13-8-9-24-11-12-6-7-17(25)20(22(26)28-2)14(12)10-16(24)21(13)23-15/h3-5,12,14,16-17,20,23,25H,6-11H2,1-2H3/t12-,14-,16-,17-,20+/m1/s1. The van der Waals surface area contributed by atoms with Gasteiger partial charge in [-0.25, -0.2) is 0 Å². The predicted octanol–water partition coefficient (Wildman–Crippen LogP) is 2.66. The van der Waals surface area contributed by atoms with Crippen LogP contribution >= 0.6 is 0 Å². The minimum absolute atomic E-state index is 0.164. The summed E-state index contributed by atoms with van der Waals surface area (Å²) in [5.41, 5.74) is 3.72. The molecule has 6 heteroatoms. The van der Waals surface area contributed by atoms with Crippen molar-refractivity contribution in [3.8, 4) is 5.75 Å². The summed E-state index contributed by atoms with van der Waals surface area (Å²) >= 11 is 0. The molecule has 28 heavy (non-hydrogen) atoms. The number of rotatable bonds is 2. The number of H-pyrrole nitrogens is 1. The highest BCUT2D eigenvalue weighted by atomic mass is 16.5. The van der Waals surface area contributed by atoms with Gasteiger partial charge in [0.1, 0.15) is 5.75 Å². The molecule has 2 N–H and O–H groups in total. The van der Waals surface area contributed by atoms with Gasteiger partial charge in [-0.15, -0.1) is 0 Å². The first kappa shape index (κ1) is 18.0. The summed E-state index contributed by atoms with van der Waals surface area (Å²) in [6.45, 7) is 2.01. The van der Waals surface area contributed by atoms with Crippen LogP contribution in [-0.2, 0) is 16.0 Å². The van der Waals surface area contributed by atoms with Crippen LogP contribution in [0.1, 0.15) is 36.6 Å². The number of fused-ring (bicyclic) bond motifs is 6. The van der Waals surface area contributed by atoms with E-state index in [0.29, 0.717) is 12.3 Å². The van der Waals surface area contributed by atoms with E-state index < -0.39 is 12.0 Å². The van der Waals surface area contributed by atoms with Crippen LogP contribution in [0.25, 0.3) is 10.9 Å². The van der Waals surface area contributed by atoms with Crippen molar-refractivity contribution in [2.75, 3.05) is 27.3 Å². The second-order valence-electron chi connectivity index (χ2n) is 8.51. The highest BCUT2D eigenvalue weighted by molar-refractivity contribution is 5.91. The molecule has 5 atom stereocenters. The van der Waals surface area contributed by atoms with Crippen LogP contribution < -0.4 is 4.74 Å². The largest absolute Gasteiger partial charge is 0.496 e. The van der Waals surface area contributed by atoms with E-state index in [1.54, 1.807) is 7.11 Å². The monoisotopic (exact) mass is 384 g/mol. The molecular weight excluding hydrogens is 356 g/mol. The van der Waals surface area contributed by atoms with Gasteiger partial charge < -0.3 is 19.6 Å². The van der Waals surface area contributed by atoms with E-state index in [9.17, 15) is 9.90 Å². The lowest BCUT2D eigenvalue weighted by atomic mass is 9.65. The number of carbonyl (C=O) groups excluding carboxylic acids is 1. The Morgan fingerprint density at radius 2 is 2.14 bits per heavy atom. The smallest absolute Gasteiger partial charge is 0.311 e. The Bertz CT molecular complexity index is 907. The SMILES string of the molecule is COC(=O)[C@H]1[C@@H]2C[C@@H]3c4[nH]c5cccc(OC)c5c4CCN3C[C@H]2CC[C@H]1O. The molecule has 1 aliphatic carbocycles. The summed E-state index contributed by atoms with van der Waals surface area (Å²) in [5, 5.41) is 11.7. The lowest BCUT2D eigenvalue weighted by Crippen LogP contribution is -2.53. The molecule has 0 amide bonds. The van der Waals surface area contributed by atoms with Crippen molar-refractivity contribution in [2.45, 2.75) is 37.8 Å². The molecule has 5 rings (SSSR count). The molecule has 3 heterocycles. The number of methoxy groups -OCH3 is 2. The van der Waals surface area contributed by atoms with Crippen LogP contribution in [0.3, 0.4) is 0 Å². The highest BCUT2D eigenvalue weighted by Gasteiger charge is 2.49. The molecule has 0 bridgehead atoms. The summed E-state index contributed by atoms with van der Waals surface area (Å²) in [6.07, 6.45) is 2.96. The quantitative estimate of drug-likeness (QED) is 0.779. The number of nitrogens with zero attached hydrogens (tertiary/aromatic N) is 1. The Morgan fingerprint density at radius 1 is 1.29 bits per heavy atom. The van der Waals surface area contributed by atoms with E-state index in [0.717, 1.165) is 43.6 Å². The number of carbonyl (C=O) groups is 1. The molecule has 1 saturated carbocycles. The zero-order chi connectivity index (χ0) is 19.4. The summed E-state index contributed by atoms with van der Waals surface area (Å²) in [6, 6.07) is 6.39. The molecule has 150 valence electrons. The molecule has 2 fully saturated rings. The second-order valence-corrected chi connectivity index (χ2v) is 8.51. The molecule has 1 aromatic carbocycles. The van der Waals surface area contributed by atoms with Gasteiger partial charge in [0, 0.05) is 29.7 Å². The van der Waals surface area contributed by atoms with Crippen LogP contribution in [-0.4, -0.2) is 54.4 Å². The molecule has 1 saturated heterocycles. The normalized spacial score (nSPS) is 32.3. The fraction of sp³-hybridized carbons (Fsp3) is 0.591. The average Bonchev–Trinajstić information content (AvgIpc) is 3.11. The van der Waals surface area contributed by atoms with E-state index in [1.165, 1.54) is 23.8 Å². The second kappa shape index (κ2) is 6.78. The van der Waals surface area contributed by atoms with Crippen molar-refractivity contribution in [2.24, 2.45) is 17.8 Å². The van der Waals surface area contributed by atoms with Gasteiger partial charge in [0.2, 0.25) is 0 Å². The van der Waals surface area contributed by atoms with Crippen LogP contribution in [0.4, 0.5) is 0 Å². The number of benzene rings is 1. The fourth-order valence-corrected chi connectivity index (χ4v) is 6.04. The van der Waals surface area contributed by atoms with Crippen molar-refractivity contribution in [1.29, 1.82) is 0 Å². The van der Waals surface area contributed by atoms with Gasteiger partial charge in [0.25, 0.3) is 0 Å². The van der Waals surface area contributed by atoms with Crippen LogP contribution in [0.15, 0.2) is 18.2 Å². The van der Waals surface area contributed by atoms with Crippen LogP contribution in [0, 0.1) is 17.8 Å². The number of aromatic nitrogens is 1. The molecular formula is C22H28N2O4. The number of aliphatic hydroxyl groups is 1. The van der Waals surface area contributed by atoms with Crippen LogP contribution in [0.5, 0.6) is 5.75 Å². The number of aromatic amines is 1. The van der Waals surface area contributed by atoms with Gasteiger partial charge in [0.15, 0.2) is 0 Å². The first-order valence-electron chi connectivity index (χ1n) is 10.3. The lowest BCUT2D eigenvalue weighted by Gasteiger charge is -2.50. The summed E-state index contributed by atoms with van der Waals surface area (Å²) in [4.78, 5) is 18.7. The van der Waals surface area contributed by atoms with Crippen molar-refractivity contribution in [1.82, 2.24) is 9.88 Å². The Balaban J connectivity index is 1.54. The maximum atomic E-state index is 12.4. The van der Waals surface area contributed by atoms with E-state index in [2.05, 4.69) is 16.0 Å². The molecule has 0 radical (unpaired) electrons. The van der Waals surface area contributed by atoms with Crippen molar-refractivity contribution >= 4 is 16.9 Å². The van der Waals surface area contributed by atoms with E-state index in [4.69, 9.17) is 9.47 Å². The average molecular weight is 384 g/mol. The molecule has 6 nitrogen and oxygen atoms in total. The minimum atomic E-state index is -0.592. The number of hydrogen-bond acceptors (Lipinski definition) is 5. The number of esters is 1. The number of nitrogens with one attached hydrogen (secondary N) is 1. The maximum absolute atomic E-state index is 12.4. The van der Waals surface area contributed by atoms with Gasteiger partial charge in [-0.1, -0.05) is 6.07 Å². The van der Waals surface area contributed by atoms with Gasteiger partial charge in [-0.05, 0) is 55.2 Å². The van der Waals surface area contributed by atoms with Crippen molar-refractivity contribution in [3.63, 3.8) is 0 Å². The van der Waals surface area contributed by atoms with E-state index in [1.807, 2.05) is 12.1 Å². The zero-order valence-electron chi connectivity index (χ0n) is 16.5. The zero-order valence-corrected chi connectivity index (χ0v) is 16.5. The van der Waals surface area contributed by atoms with Crippen molar-refractivity contribution < 1.29 is 19.4 Å². The third-order valence-electron chi connectivity index (χ3n) is 7.32. The Morgan fingerprint density at radius 3 is 2.93 bits per heavy atom. The molecule has 3 aliphatic rings. The Kier molecular flexibility index (Phi) is 4.36. The van der Waals surface area contributed by atoms with E-state index in [-0.39, 0.29) is 17.9 Å². The van der Waals surface area contributed by atoms with Gasteiger partial charge >= 0.3 is 5.97 Å². The fourth-order valence-electron chi connectivity index (χ4n) is 6.04. The summed E-state index contributed by atoms with van der Waals surface area (Å²) in [5.74, 6) is 0.860. The molecule has 0 unspecified atom stereocenters. The minimum Gasteiger partial charge on any atom is -0.496 e. The Labute approximate surface area is 164 Å². The van der Waals surface area contributed by atoms with Gasteiger partial charge in [-0.3, -0.25) is 9.69 Å². The van der Waals surface area contributed by atoms with Gasteiger partial charge in [0.05, 0.1) is 32.3 Å². The lowest BCUT2D eigenvalue weighted by molar-refractivity contribution is -0.160. The molecule has 2 aromatic rings. The third kappa shape index (κ3) is 2.58. The third-order valence-corrected chi connectivity index (χ3v) is 7.32. The van der Waals surface area contributed by atoms with E-state index >= 15 is 0 Å². The first-order valence-corrected chi connectivity index (χ1v) is 10.3. The van der Waals surface area contributed by atoms with Crippen molar-refractivity contribution in [3.05, 3.63) is 29.5 Å². The molecule has 0 spiro atoms. The number of aliphatic hydroxyl groups excluding tert-OH is 1. The number of piperidine rings is 1. The topological polar surface area (TPSA) is 74.8 Å². The summed E-state index contributed by atoms with van der Waals surface area (Å²) in [7, 11) is 3.15. The number of ether oxygens (including phenoxy) is 2. The van der Waals surface area contributed by atoms with Crippen LogP contribution in [0.2, 0.25) is 0 Å².